The average molecular weight is 259 g/mol. The van der Waals surface area contributed by atoms with Crippen molar-refractivity contribution in [3.05, 3.63) is 47.4 Å². The van der Waals surface area contributed by atoms with Gasteiger partial charge in [-0.25, -0.2) is 0 Å². The van der Waals surface area contributed by atoms with Crippen molar-refractivity contribution in [3.8, 4) is 0 Å². The minimum absolute atomic E-state index is 0.0181. The molecule has 5 heteroatoms. The molecule has 0 saturated heterocycles. The second kappa shape index (κ2) is 5.06. The normalized spacial score (nSPS) is 12.1. The van der Waals surface area contributed by atoms with Gasteiger partial charge in [0.15, 0.2) is 0 Å². The highest BCUT2D eigenvalue weighted by molar-refractivity contribution is 5.94. The second-order valence-corrected chi connectivity index (χ2v) is 4.48. The summed E-state index contributed by atoms with van der Waals surface area (Å²) < 4.78 is 5.54. The van der Waals surface area contributed by atoms with E-state index < -0.39 is 5.91 Å². The lowest BCUT2D eigenvalue weighted by Gasteiger charge is -2.15. The number of furan rings is 1. The SMILES string of the molecule is Cc1ccc(C(C)Nc2ccc(C(N)=O)cc2N)o1. The molecule has 5 N–H and O–H groups in total. The summed E-state index contributed by atoms with van der Waals surface area (Å²) in [6.07, 6.45) is 0. The topological polar surface area (TPSA) is 94.3 Å². The Morgan fingerprint density at radius 3 is 2.58 bits per heavy atom. The van der Waals surface area contributed by atoms with Crippen molar-refractivity contribution in [2.75, 3.05) is 11.1 Å². The molecule has 1 amide bonds. The number of carbonyl (C=O) groups excluding carboxylic acids is 1. The van der Waals surface area contributed by atoms with Crippen molar-refractivity contribution < 1.29 is 9.21 Å². The number of hydrogen-bond donors (Lipinski definition) is 3. The van der Waals surface area contributed by atoms with Crippen molar-refractivity contribution in [2.45, 2.75) is 19.9 Å². The molecule has 0 saturated carbocycles. The molecule has 2 aromatic rings. The van der Waals surface area contributed by atoms with Crippen molar-refractivity contribution in [3.63, 3.8) is 0 Å². The summed E-state index contributed by atoms with van der Waals surface area (Å²) >= 11 is 0. The highest BCUT2D eigenvalue weighted by Crippen LogP contribution is 2.26. The van der Waals surface area contributed by atoms with Crippen LogP contribution in [0.5, 0.6) is 0 Å². The quantitative estimate of drug-likeness (QED) is 0.735. The number of anilines is 2. The van der Waals surface area contributed by atoms with Crippen molar-refractivity contribution in [2.24, 2.45) is 5.73 Å². The first-order chi connectivity index (χ1) is 8.97. The van der Waals surface area contributed by atoms with Crippen LogP contribution in [0.2, 0.25) is 0 Å². The van der Waals surface area contributed by atoms with E-state index in [0.29, 0.717) is 11.3 Å². The molecule has 0 aliphatic heterocycles. The van der Waals surface area contributed by atoms with Crippen LogP contribution in [0.25, 0.3) is 0 Å². The molecule has 0 radical (unpaired) electrons. The van der Waals surface area contributed by atoms with E-state index in [4.69, 9.17) is 15.9 Å². The van der Waals surface area contributed by atoms with E-state index in [9.17, 15) is 4.79 Å². The Labute approximate surface area is 111 Å². The van der Waals surface area contributed by atoms with Crippen LogP contribution in [0, 0.1) is 6.92 Å². The molecule has 0 aliphatic rings. The third kappa shape index (κ3) is 2.88. The van der Waals surface area contributed by atoms with Gasteiger partial charge in [0.2, 0.25) is 5.91 Å². The van der Waals surface area contributed by atoms with Crippen LogP contribution >= 0.6 is 0 Å². The molecule has 0 aliphatic carbocycles. The first-order valence-electron chi connectivity index (χ1n) is 5.99. The van der Waals surface area contributed by atoms with Crippen molar-refractivity contribution in [1.82, 2.24) is 0 Å². The molecule has 1 atom stereocenters. The number of amides is 1. The van der Waals surface area contributed by atoms with Crippen LogP contribution in [0.3, 0.4) is 0 Å². The third-order valence-corrected chi connectivity index (χ3v) is 2.90. The van der Waals surface area contributed by atoms with Gasteiger partial charge in [-0.15, -0.1) is 0 Å². The first kappa shape index (κ1) is 13.0. The van der Waals surface area contributed by atoms with Gasteiger partial charge in [-0.3, -0.25) is 4.79 Å². The fourth-order valence-electron chi connectivity index (χ4n) is 1.84. The number of nitrogens with one attached hydrogen (secondary N) is 1. The zero-order chi connectivity index (χ0) is 14.0. The molecular formula is C14H17N3O2. The van der Waals surface area contributed by atoms with E-state index >= 15 is 0 Å². The maximum absolute atomic E-state index is 11.0. The third-order valence-electron chi connectivity index (χ3n) is 2.90. The summed E-state index contributed by atoms with van der Waals surface area (Å²) in [7, 11) is 0. The molecule has 100 valence electrons. The summed E-state index contributed by atoms with van der Waals surface area (Å²) in [6, 6.07) is 8.75. The lowest BCUT2D eigenvalue weighted by atomic mass is 10.1. The standard InChI is InChI=1S/C14H17N3O2/c1-8-3-6-13(19-8)9(2)17-12-5-4-10(14(16)18)7-11(12)15/h3-7,9,17H,15H2,1-2H3,(H2,16,18). The summed E-state index contributed by atoms with van der Waals surface area (Å²) in [5.74, 6) is 1.20. The molecular weight excluding hydrogens is 242 g/mol. The van der Waals surface area contributed by atoms with Crippen LogP contribution in [0.1, 0.15) is 34.8 Å². The maximum Gasteiger partial charge on any atom is 0.248 e. The van der Waals surface area contributed by atoms with E-state index in [1.54, 1.807) is 18.2 Å². The Kier molecular flexibility index (Phi) is 3.46. The number of carbonyl (C=O) groups is 1. The maximum atomic E-state index is 11.0. The predicted molar refractivity (Wildman–Crippen MR) is 74.9 cm³/mol. The van der Waals surface area contributed by atoms with Crippen LogP contribution in [0.4, 0.5) is 11.4 Å². The molecule has 1 unspecified atom stereocenters. The summed E-state index contributed by atoms with van der Waals surface area (Å²) in [5.41, 5.74) is 12.7. The fraction of sp³-hybridized carbons (Fsp3) is 0.214. The van der Waals surface area contributed by atoms with Crippen LogP contribution < -0.4 is 16.8 Å². The molecule has 2 rings (SSSR count). The van der Waals surface area contributed by atoms with E-state index in [2.05, 4.69) is 5.32 Å². The van der Waals surface area contributed by atoms with Gasteiger partial charge in [0.25, 0.3) is 0 Å². The largest absolute Gasteiger partial charge is 0.464 e. The minimum Gasteiger partial charge on any atom is -0.464 e. The van der Waals surface area contributed by atoms with Crippen LogP contribution in [-0.2, 0) is 0 Å². The number of primary amides is 1. The lowest BCUT2D eigenvalue weighted by molar-refractivity contribution is 0.100. The zero-order valence-corrected chi connectivity index (χ0v) is 10.9. The van der Waals surface area contributed by atoms with Gasteiger partial charge in [-0.2, -0.15) is 0 Å². The molecule has 1 heterocycles. The molecule has 1 aromatic heterocycles. The van der Waals surface area contributed by atoms with Gasteiger partial charge in [0, 0.05) is 5.56 Å². The Balaban J connectivity index is 2.17. The number of nitrogens with two attached hydrogens (primary N) is 2. The van der Waals surface area contributed by atoms with Crippen LogP contribution in [-0.4, -0.2) is 5.91 Å². The summed E-state index contributed by atoms with van der Waals surface area (Å²) in [5, 5.41) is 3.24. The van der Waals surface area contributed by atoms with Crippen molar-refractivity contribution in [1.29, 1.82) is 0 Å². The van der Waals surface area contributed by atoms with Gasteiger partial charge >= 0.3 is 0 Å². The lowest BCUT2D eigenvalue weighted by Crippen LogP contribution is -2.12. The molecule has 1 aromatic carbocycles. The summed E-state index contributed by atoms with van der Waals surface area (Å²) in [4.78, 5) is 11.0. The molecule has 5 nitrogen and oxygen atoms in total. The Bertz CT molecular complexity index is 604. The van der Waals surface area contributed by atoms with Crippen molar-refractivity contribution >= 4 is 17.3 Å². The van der Waals surface area contributed by atoms with E-state index in [1.807, 2.05) is 26.0 Å². The Morgan fingerprint density at radius 1 is 1.32 bits per heavy atom. The smallest absolute Gasteiger partial charge is 0.248 e. The second-order valence-electron chi connectivity index (χ2n) is 4.48. The monoisotopic (exact) mass is 259 g/mol. The molecule has 19 heavy (non-hydrogen) atoms. The number of hydrogen-bond acceptors (Lipinski definition) is 4. The number of aryl methyl sites for hydroxylation is 1. The van der Waals surface area contributed by atoms with Crippen LogP contribution in [0.15, 0.2) is 34.7 Å². The molecule has 0 bridgehead atoms. The molecule has 0 spiro atoms. The minimum atomic E-state index is -0.493. The Hall–Kier alpha value is -2.43. The number of nitrogen functional groups attached to an aromatic ring is 1. The van der Waals surface area contributed by atoms with Gasteiger partial charge in [-0.05, 0) is 44.2 Å². The highest BCUT2D eigenvalue weighted by atomic mass is 16.3. The van der Waals surface area contributed by atoms with E-state index in [0.717, 1.165) is 17.2 Å². The fourth-order valence-corrected chi connectivity index (χ4v) is 1.84. The van der Waals surface area contributed by atoms with Gasteiger partial charge in [0.05, 0.1) is 17.4 Å². The van der Waals surface area contributed by atoms with E-state index in [-0.39, 0.29) is 6.04 Å². The first-order valence-corrected chi connectivity index (χ1v) is 5.99. The predicted octanol–water partition coefficient (Wildman–Crippen LogP) is 2.44. The summed E-state index contributed by atoms with van der Waals surface area (Å²) in [6.45, 7) is 3.87. The number of benzene rings is 1. The van der Waals surface area contributed by atoms with Gasteiger partial charge in [-0.1, -0.05) is 0 Å². The molecule has 0 fully saturated rings. The Morgan fingerprint density at radius 2 is 2.05 bits per heavy atom. The van der Waals surface area contributed by atoms with Gasteiger partial charge < -0.3 is 21.2 Å². The zero-order valence-electron chi connectivity index (χ0n) is 10.9. The highest BCUT2D eigenvalue weighted by Gasteiger charge is 2.11. The van der Waals surface area contributed by atoms with E-state index in [1.165, 1.54) is 0 Å². The average Bonchev–Trinajstić information content (AvgIpc) is 2.78. The number of rotatable bonds is 4. The van der Waals surface area contributed by atoms with Gasteiger partial charge in [0.1, 0.15) is 11.5 Å².